The number of ether oxygens (including phenoxy) is 1. The van der Waals surface area contributed by atoms with E-state index < -0.39 is 0 Å². The third-order valence-electron chi connectivity index (χ3n) is 2.67. The number of carbonyl (C=O) groups is 1. The van der Waals surface area contributed by atoms with Gasteiger partial charge in [0.15, 0.2) is 0 Å². The van der Waals surface area contributed by atoms with Gasteiger partial charge in [-0.05, 0) is 13.8 Å². The lowest BCUT2D eigenvalue weighted by Crippen LogP contribution is -2.56. The minimum absolute atomic E-state index is 0.0191. The number of hydrogen-bond acceptors (Lipinski definition) is 4. The van der Waals surface area contributed by atoms with Gasteiger partial charge >= 0.3 is 0 Å². The summed E-state index contributed by atoms with van der Waals surface area (Å²) in [6.45, 7) is 4.82. The van der Waals surface area contributed by atoms with Crippen molar-refractivity contribution < 1.29 is 14.6 Å². The van der Waals surface area contributed by atoms with Crippen LogP contribution in [0.3, 0.4) is 0 Å². The van der Waals surface area contributed by atoms with Gasteiger partial charge < -0.3 is 15.6 Å². The van der Waals surface area contributed by atoms with Crippen molar-refractivity contribution in [2.24, 2.45) is 5.73 Å². The second-order valence-corrected chi connectivity index (χ2v) is 3.76. The summed E-state index contributed by atoms with van der Waals surface area (Å²) >= 11 is 0. The topological polar surface area (TPSA) is 75.8 Å². The maximum absolute atomic E-state index is 11.0. The van der Waals surface area contributed by atoms with Crippen LogP contribution < -0.4 is 5.73 Å². The average Bonchev–Trinajstić information content (AvgIpc) is 2.17. The van der Waals surface area contributed by atoms with Crippen molar-refractivity contribution >= 4 is 5.91 Å². The van der Waals surface area contributed by atoms with Crippen molar-refractivity contribution in [1.29, 1.82) is 0 Å². The molecule has 1 aliphatic heterocycles. The van der Waals surface area contributed by atoms with E-state index in [4.69, 9.17) is 15.6 Å². The number of morpholine rings is 1. The third-order valence-corrected chi connectivity index (χ3v) is 2.67. The molecule has 1 rings (SSSR count). The number of aliphatic hydroxyl groups excluding tert-OH is 1. The number of nitrogens with two attached hydrogens (primary N) is 1. The Hall–Kier alpha value is -0.650. The molecule has 14 heavy (non-hydrogen) atoms. The van der Waals surface area contributed by atoms with Gasteiger partial charge in [0.05, 0.1) is 25.4 Å². The molecule has 0 aliphatic carbocycles. The van der Waals surface area contributed by atoms with Gasteiger partial charge in [0, 0.05) is 12.6 Å². The summed E-state index contributed by atoms with van der Waals surface area (Å²) in [7, 11) is 0. The van der Waals surface area contributed by atoms with E-state index in [1.807, 2.05) is 11.8 Å². The van der Waals surface area contributed by atoms with E-state index in [-0.39, 0.29) is 30.7 Å². The molecule has 1 amide bonds. The molecule has 1 aliphatic rings. The van der Waals surface area contributed by atoms with E-state index in [1.165, 1.54) is 0 Å². The predicted molar refractivity (Wildman–Crippen MR) is 51.7 cm³/mol. The van der Waals surface area contributed by atoms with Crippen LogP contribution in [0.5, 0.6) is 0 Å². The number of rotatable bonds is 3. The Morgan fingerprint density at radius 3 is 2.93 bits per heavy atom. The van der Waals surface area contributed by atoms with Gasteiger partial charge in [0.1, 0.15) is 0 Å². The first kappa shape index (κ1) is 11.4. The third kappa shape index (κ3) is 2.43. The zero-order chi connectivity index (χ0) is 10.7. The van der Waals surface area contributed by atoms with Crippen molar-refractivity contribution in [3.8, 4) is 0 Å². The van der Waals surface area contributed by atoms with E-state index in [1.54, 1.807) is 6.92 Å². The molecule has 0 radical (unpaired) electrons. The number of amides is 1. The van der Waals surface area contributed by atoms with Crippen LogP contribution in [-0.2, 0) is 9.53 Å². The highest BCUT2D eigenvalue weighted by atomic mass is 16.5. The molecule has 5 nitrogen and oxygen atoms in total. The van der Waals surface area contributed by atoms with Crippen LogP contribution in [0, 0.1) is 0 Å². The number of carbonyl (C=O) groups excluding carboxylic acids is 1. The molecule has 0 aromatic rings. The Bertz CT molecular complexity index is 210. The summed E-state index contributed by atoms with van der Waals surface area (Å²) < 4.78 is 5.36. The highest BCUT2D eigenvalue weighted by Gasteiger charge is 2.31. The zero-order valence-corrected chi connectivity index (χ0v) is 8.64. The van der Waals surface area contributed by atoms with Crippen molar-refractivity contribution in [1.82, 2.24) is 4.90 Å². The molecule has 0 bridgehead atoms. The van der Waals surface area contributed by atoms with Crippen molar-refractivity contribution in [2.45, 2.75) is 32.0 Å². The summed E-state index contributed by atoms with van der Waals surface area (Å²) in [6, 6.07) is -0.136. The molecule has 3 unspecified atom stereocenters. The Labute approximate surface area is 83.8 Å². The number of nitrogens with zero attached hydrogens (tertiary/aromatic N) is 1. The first-order chi connectivity index (χ1) is 6.56. The quantitative estimate of drug-likeness (QED) is 0.612. The molecule has 82 valence electrons. The lowest BCUT2D eigenvalue weighted by Gasteiger charge is -2.39. The fraction of sp³-hybridized carbons (Fsp3) is 0.889. The lowest BCUT2D eigenvalue weighted by atomic mass is 10.1. The molecule has 1 fully saturated rings. The van der Waals surface area contributed by atoms with E-state index in [0.29, 0.717) is 13.2 Å². The van der Waals surface area contributed by atoms with Crippen LogP contribution in [0.1, 0.15) is 13.8 Å². The predicted octanol–water partition coefficient (Wildman–Crippen LogP) is -1.06. The second kappa shape index (κ2) is 4.72. The van der Waals surface area contributed by atoms with Crippen molar-refractivity contribution in [3.05, 3.63) is 0 Å². The Balaban J connectivity index is 2.60. The summed E-state index contributed by atoms with van der Waals surface area (Å²) in [4.78, 5) is 13.0. The van der Waals surface area contributed by atoms with E-state index >= 15 is 0 Å². The van der Waals surface area contributed by atoms with Crippen molar-refractivity contribution in [2.75, 3.05) is 19.8 Å². The number of hydrogen-bond donors (Lipinski definition) is 2. The highest BCUT2D eigenvalue weighted by molar-refractivity contribution is 5.79. The van der Waals surface area contributed by atoms with Crippen LogP contribution in [-0.4, -0.2) is 53.9 Å². The zero-order valence-electron chi connectivity index (χ0n) is 8.64. The van der Waals surface area contributed by atoms with Crippen molar-refractivity contribution in [3.63, 3.8) is 0 Å². The average molecular weight is 202 g/mol. The standard InChI is InChI=1S/C9H18N2O3/c1-6-5-14-8(4-12)3-11(6)7(2)9(10)13/h6-8,12H,3-5H2,1-2H3,(H2,10,13). The molecular weight excluding hydrogens is 184 g/mol. The van der Waals surface area contributed by atoms with Gasteiger partial charge in [-0.2, -0.15) is 0 Å². The Kier molecular flexibility index (Phi) is 3.86. The summed E-state index contributed by atoms with van der Waals surface area (Å²) in [6.07, 6.45) is -0.201. The summed E-state index contributed by atoms with van der Waals surface area (Å²) in [5.74, 6) is -0.338. The molecular formula is C9H18N2O3. The molecule has 3 N–H and O–H groups in total. The molecule has 0 aromatic carbocycles. The van der Waals surface area contributed by atoms with Gasteiger partial charge in [-0.3, -0.25) is 9.69 Å². The molecule has 0 aromatic heterocycles. The molecule has 0 spiro atoms. The SMILES string of the molecule is CC1COC(CO)CN1C(C)C(N)=O. The molecule has 1 heterocycles. The molecule has 5 heteroatoms. The number of aliphatic hydroxyl groups is 1. The fourth-order valence-corrected chi connectivity index (χ4v) is 1.65. The largest absolute Gasteiger partial charge is 0.394 e. The monoisotopic (exact) mass is 202 g/mol. The van der Waals surface area contributed by atoms with Gasteiger partial charge in [0.2, 0.25) is 5.91 Å². The van der Waals surface area contributed by atoms with Crippen LogP contribution >= 0.6 is 0 Å². The van der Waals surface area contributed by atoms with Gasteiger partial charge in [-0.15, -0.1) is 0 Å². The maximum atomic E-state index is 11.0. The Morgan fingerprint density at radius 1 is 1.79 bits per heavy atom. The van der Waals surface area contributed by atoms with Gasteiger partial charge in [0.25, 0.3) is 0 Å². The van der Waals surface area contributed by atoms with E-state index in [0.717, 1.165) is 0 Å². The van der Waals surface area contributed by atoms with Crippen LogP contribution in [0.25, 0.3) is 0 Å². The van der Waals surface area contributed by atoms with Crippen LogP contribution in [0.4, 0.5) is 0 Å². The fourth-order valence-electron chi connectivity index (χ4n) is 1.65. The summed E-state index contributed by atoms with van der Waals surface area (Å²) in [5, 5.41) is 8.95. The van der Waals surface area contributed by atoms with E-state index in [2.05, 4.69) is 0 Å². The summed E-state index contributed by atoms with van der Waals surface area (Å²) in [5.41, 5.74) is 5.23. The normalized spacial score (nSPS) is 31.4. The minimum Gasteiger partial charge on any atom is -0.394 e. The first-order valence-electron chi connectivity index (χ1n) is 4.83. The lowest BCUT2D eigenvalue weighted by molar-refractivity contribution is -0.131. The second-order valence-electron chi connectivity index (χ2n) is 3.76. The highest BCUT2D eigenvalue weighted by Crippen LogP contribution is 2.14. The van der Waals surface area contributed by atoms with Crippen LogP contribution in [0.2, 0.25) is 0 Å². The Morgan fingerprint density at radius 2 is 2.43 bits per heavy atom. The number of primary amides is 1. The maximum Gasteiger partial charge on any atom is 0.234 e. The van der Waals surface area contributed by atoms with E-state index in [9.17, 15) is 4.79 Å². The van der Waals surface area contributed by atoms with Gasteiger partial charge in [-0.1, -0.05) is 0 Å². The van der Waals surface area contributed by atoms with Crippen LogP contribution in [0.15, 0.2) is 0 Å². The minimum atomic E-state index is -0.338. The molecule has 1 saturated heterocycles. The first-order valence-corrected chi connectivity index (χ1v) is 4.83. The molecule has 0 saturated carbocycles. The smallest absolute Gasteiger partial charge is 0.234 e. The van der Waals surface area contributed by atoms with Gasteiger partial charge in [-0.25, -0.2) is 0 Å². The molecule has 3 atom stereocenters.